The van der Waals surface area contributed by atoms with Gasteiger partial charge in [-0.05, 0) is 42.5 Å². The van der Waals surface area contributed by atoms with Gasteiger partial charge in [-0.15, -0.1) is 6.58 Å². The second-order valence-corrected chi connectivity index (χ2v) is 6.40. The highest BCUT2D eigenvalue weighted by Crippen LogP contribution is 2.42. The number of hydrogen-bond donors (Lipinski definition) is 0. The van der Waals surface area contributed by atoms with Crippen LogP contribution in [0.4, 0.5) is 0 Å². The molecule has 2 atom stereocenters. The predicted molar refractivity (Wildman–Crippen MR) is 90.1 cm³/mol. The molecule has 0 bridgehead atoms. The van der Waals surface area contributed by atoms with Crippen LogP contribution < -0.4 is 9.47 Å². The van der Waals surface area contributed by atoms with Gasteiger partial charge in [-0.1, -0.05) is 6.08 Å². The molecule has 1 aromatic rings. The molecule has 23 heavy (non-hydrogen) atoms. The van der Waals surface area contributed by atoms with Crippen LogP contribution in [0, 0.1) is 5.92 Å². The SMILES string of the molecule is C=CCC[C@H]1CN2CCc3cc(OC)c(OC)cc3[C@@H]2CC1=O. The van der Waals surface area contributed by atoms with Gasteiger partial charge in [0.25, 0.3) is 0 Å². The molecule has 4 heteroatoms. The molecular weight excluding hydrogens is 290 g/mol. The molecule has 0 spiro atoms. The monoisotopic (exact) mass is 315 g/mol. The average Bonchev–Trinajstić information content (AvgIpc) is 2.58. The van der Waals surface area contributed by atoms with E-state index in [9.17, 15) is 4.79 Å². The molecule has 2 heterocycles. The van der Waals surface area contributed by atoms with Crippen LogP contribution in [-0.4, -0.2) is 38.0 Å². The van der Waals surface area contributed by atoms with Crippen LogP contribution in [0.25, 0.3) is 0 Å². The van der Waals surface area contributed by atoms with Crippen LogP contribution in [0.15, 0.2) is 24.8 Å². The third-order valence-electron chi connectivity index (χ3n) is 5.14. The van der Waals surface area contributed by atoms with Gasteiger partial charge < -0.3 is 9.47 Å². The lowest BCUT2D eigenvalue weighted by Gasteiger charge is -2.43. The predicted octanol–water partition coefficient (Wildman–Crippen LogP) is 3.16. The van der Waals surface area contributed by atoms with Crippen molar-refractivity contribution in [2.24, 2.45) is 5.92 Å². The largest absolute Gasteiger partial charge is 0.493 e. The zero-order valence-electron chi connectivity index (χ0n) is 14.0. The highest BCUT2D eigenvalue weighted by molar-refractivity contribution is 5.83. The van der Waals surface area contributed by atoms with Gasteiger partial charge in [-0.2, -0.15) is 0 Å². The van der Waals surface area contributed by atoms with Gasteiger partial charge in [0.1, 0.15) is 5.78 Å². The molecule has 3 rings (SSSR count). The number of benzene rings is 1. The van der Waals surface area contributed by atoms with Gasteiger partial charge in [0.05, 0.1) is 14.2 Å². The maximum atomic E-state index is 12.5. The fourth-order valence-corrected chi connectivity index (χ4v) is 3.85. The van der Waals surface area contributed by atoms with E-state index in [-0.39, 0.29) is 12.0 Å². The van der Waals surface area contributed by atoms with Crippen LogP contribution in [0.2, 0.25) is 0 Å². The van der Waals surface area contributed by atoms with E-state index >= 15 is 0 Å². The summed E-state index contributed by atoms with van der Waals surface area (Å²) in [7, 11) is 3.32. The molecule has 2 aliphatic rings. The summed E-state index contributed by atoms with van der Waals surface area (Å²) in [5, 5.41) is 0. The number of rotatable bonds is 5. The Morgan fingerprint density at radius 3 is 2.74 bits per heavy atom. The van der Waals surface area contributed by atoms with Crippen molar-refractivity contribution >= 4 is 5.78 Å². The molecule has 0 saturated carbocycles. The normalized spacial score (nSPS) is 23.8. The summed E-state index contributed by atoms with van der Waals surface area (Å²) in [6, 6.07) is 4.31. The fraction of sp³-hybridized carbons (Fsp3) is 0.526. The quantitative estimate of drug-likeness (QED) is 0.783. The van der Waals surface area contributed by atoms with Crippen LogP contribution in [0.1, 0.15) is 36.4 Å². The van der Waals surface area contributed by atoms with Gasteiger partial charge in [-0.25, -0.2) is 0 Å². The summed E-state index contributed by atoms with van der Waals surface area (Å²) in [5.41, 5.74) is 2.51. The highest BCUT2D eigenvalue weighted by atomic mass is 16.5. The Hall–Kier alpha value is -1.81. The number of allylic oxidation sites excluding steroid dienone is 1. The van der Waals surface area contributed by atoms with Crippen molar-refractivity contribution in [2.75, 3.05) is 27.3 Å². The summed E-state index contributed by atoms with van der Waals surface area (Å²) in [5.74, 6) is 2.06. The summed E-state index contributed by atoms with van der Waals surface area (Å²) in [6.45, 7) is 5.64. The van der Waals surface area contributed by atoms with Crippen molar-refractivity contribution in [2.45, 2.75) is 31.7 Å². The number of methoxy groups -OCH3 is 2. The van der Waals surface area contributed by atoms with Crippen molar-refractivity contribution in [3.8, 4) is 11.5 Å². The van der Waals surface area contributed by atoms with Crippen molar-refractivity contribution < 1.29 is 14.3 Å². The van der Waals surface area contributed by atoms with Gasteiger partial charge in [0.2, 0.25) is 0 Å². The van der Waals surface area contributed by atoms with E-state index in [1.165, 1.54) is 11.1 Å². The summed E-state index contributed by atoms with van der Waals surface area (Å²) < 4.78 is 10.8. The fourth-order valence-electron chi connectivity index (χ4n) is 3.85. The van der Waals surface area contributed by atoms with E-state index in [2.05, 4.69) is 23.6 Å². The van der Waals surface area contributed by atoms with Crippen LogP contribution in [0.3, 0.4) is 0 Å². The maximum absolute atomic E-state index is 12.5. The van der Waals surface area contributed by atoms with E-state index in [0.717, 1.165) is 43.9 Å². The first-order valence-electron chi connectivity index (χ1n) is 8.30. The molecule has 0 amide bonds. The summed E-state index contributed by atoms with van der Waals surface area (Å²) in [4.78, 5) is 15.0. The maximum Gasteiger partial charge on any atom is 0.161 e. The second-order valence-electron chi connectivity index (χ2n) is 6.40. The standard InChI is InChI=1S/C19H25NO3/c1-4-5-6-14-12-20-8-7-13-9-18(22-2)19(23-3)10-15(13)16(20)11-17(14)21/h4,9-10,14,16H,1,5-8,11-12H2,2-3H3/t14-,16-/m0/s1. The van der Waals surface area contributed by atoms with Crippen molar-refractivity contribution in [1.29, 1.82) is 0 Å². The third-order valence-corrected chi connectivity index (χ3v) is 5.14. The minimum absolute atomic E-state index is 0.158. The molecule has 0 aliphatic carbocycles. The Morgan fingerprint density at radius 1 is 1.30 bits per heavy atom. The Morgan fingerprint density at radius 2 is 2.04 bits per heavy atom. The molecule has 1 aromatic carbocycles. The molecular formula is C19H25NO3. The molecule has 124 valence electrons. The number of fused-ring (bicyclic) bond motifs is 3. The molecule has 0 radical (unpaired) electrons. The number of carbonyl (C=O) groups is 1. The van der Waals surface area contributed by atoms with Crippen molar-refractivity contribution in [3.05, 3.63) is 35.9 Å². The second kappa shape index (κ2) is 6.75. The van der Waals surface area contributed by atoms with Gasteiger partial charge in [0.15, 0.2) is 11.5 Å². The molecule has 1 saturated heterocycles. The van der Waals surface area contributed by atoms with Crippen molar-refractivity contribution in [1.82, 2.24) is 4.90 Å². The first-order chi connectivity index (χ1) is 11.2. The minimum Gasteiger partial charge on any atom is -0.493 e. The van der Waals surface area contributed by atoms with Crippen molar-refractivity contribution in [3.63, 3.8) is 0 Å². The lowest BCUT2D eigenvalue weighted by Crippen LogP contribution is -2.46. The molecule has 2 aliphatic heterocycles. The van der Waals surface area contributed by atoms with E-state index in [4.69, 9.17) is 9.47 Å². The Kier molecular flexibility index (Phi) is 4.71. The van der Waals surface area contributed by atoms with Gasteiger partial charge in [0, 0.05) is 31.5 Å². The molecule has 4 nitrogen and oxygen atoms in total. The molecule has 0 aromatic heterocycles. The molecule has 0 N–H and O–H groups in total. The number of piperidine rings is 1. The molecule has 1 fully saturated rings. The number of nitrogens with zero attached hydrogens (tertiary/aromatic N) is 1. The van der Waals surface area contributed by atoms with Crippen LogP contribution in [-0.2, 0) is 11.2 Å². The average molecular weight is 315 g/mol. The minimum atomic E-state index is 0.158. The highest BCUT2D eigenvalue weighted by Gasteiger charge is 2.38. The topological polar surface area (TPSA) is 38.8 Å². The van der Waals surface area contributed by atoms with E-state index in [0.29, 0.717) is 12.2 Å². The number of ether oxygens (including phenoxy) is 2. The Balaban J connectivity index is 1.87. The first-order valence-corrected chi connectivity index (χ1v) is 8.30. The Bertz CT molecular complexity index is 611. The van der Waals surface area contributed by atoms with Crippen LogP contribution >= 0.6 is 0 Å². The van der Waals surface area contributed by atoms with E-state index < -0.39 is 0 Å². The third kappa shape index (κ3) is 3.00. The Labute approximate surface area is 138 Å². The lowest BCUT2D eigenvalue weighted by molar-refractivity contribution is -0.129. The lowest BCUT2D eigenvalue weighted by atomic mass is 9.81. The number of ketones is 1. The molecule has 0 unspecified atom stereocenters. The number of hydrogen-bond acceptors (Lipinski definition) is 4. The van der Waals surface area contributed by atoms with Gasteiger partial charge >= 0.3 is 0 Å². The van der Waals surface area contributed by atoms with Crippen LogP contribution in [0.5, 0.6) is 11.5 Å². The number of carbonyl (C=O) groups excluding carboxylic acids is 1. The van der Waals surface area contributed by atoms with Gasteiger partial charge in [-0.3, -0.25) is 9.69 Å². The summed E-state index contributed by atoms with van der Waals surface area (Å²) >= 11 is 0. The first kappa shape index (κ1) is 16.1. The smallest absolute Gasteiger partial charge is 0.161 e. The zero-order valence-corrected chi connectivity index (χ0v) is 14.0. The summed E-state index contributed by atoms with van der Waals surface area (Å²) in [6.07, 6.45) is 5.34. The zero-order chi connectivity index (χ0) is 16.4. The van der Waals surface area contributed by atoms with E-state index in [1.54, 1.807) is 14.2 Å². The van der Waals surface area contributed by atoms with E-state index in [1.807, 2.05) is 6.08 Å². The number of Topliss-reactive ketones (excluding diaryl/α,β-unsaturated/α-hetero) is 1.